The number of rotatable bonds is 6. The van der Waals surface area contributed by atoms with Gasteiger partial charge in [0.25, 0.3) is 0 Å². The Bertz CT molecular complexity index is 1150. The molecule has 5 rings (SSSR count). The smallest absolute Gasteiger partial charge is 0.198 e. The number of benzene rings is 3. The lowest BCUT2D eigenvalue weighted by atomic mass is 9.76. The van der Waals surface area contributed by atoms with Gasteiger partial charge < -0.3 is 4.57 Å². The number of imidazole rings is 1. The molecular weight excluding hydrogens is 380 g/mol. The van der Waals surface area contributed by atoms with Crippen LogP contribution in [0.2, 0.25) is 0 Å². The minimum absolute atomic E-state index is 0.0281. The largest absolute Gasteiger partial charge is 0.309 e. The minimum atomic E-state index is -0.768. The number of terminal acetylenes is 1. The number of aromatic nitrogens is 2. The Morgan fingerprint density at radius 1 is 0.839 bits per heavy atom. The van der Waals surface area contributed by atoms with Crippen LogP contribution in [0.3, 0.4) is 0 Å². The van der Waals surface area contributed by atoms with E-state index in [9.17, 15) is 4.79 Å². The predicted octanol–water partition coefficient (Wildman–Crippen LogP) is 5.32. The molecule has 0 spiro atoms. The molecule has 1 aliphatic rings. The quantitative estimate of drug-likeness (QED) is 0.249. The molecule has 1 fully saturated rings. The van der Waals surface area contributed by atoms with E-state index in [1.807, 2.05) is 59.2 Å². The number of hydrogen-bond acceptors (Lipinski definition) is 2. The van der Waals surface area contributed by atoms with Crippen molar-refractivity contribution in [1.29, 1.82) is 0 Å². The van der Waals surface area contributed by atoms with E-state index in [-0.39, 0.29) is 5.78 Å². The van der Waals surface area contributed by atoms with Gasteiger partial charge in [0.05, 0.1) is 17.9 Å². The maximum Gasteiger partial charge on any atom is 0.198 e. The Morgan fingerprint density at radius 2 is 1.29 bits per heavy atom. The summed E-state index contributed by atoms with van der Waals surface area (Å²) < 4.78 is 2.01. The second kappa shape index (κ2) is 7.41. The first-order valence-corrected chi connectivity index (χ1v) is 10.4. The summed E-state index contributed by atoms with van der Waals surface area (Å²) in [7, 11) is 0. The monoisotopic (exact) mass is 402 g/mol. The highest BCUT2D eigenvalue weighted by Gasteiger charge is 2.51. The lowest BCUT2D eigenvalue weighted by Gasteiger charge is -2.38. The van der Waals surface area contributed by atoms with Crippen LogP contribution in [-0.2, 0) is 5.54 Å². The highest BCUT2D eigenvalue weighted by atomic mass is 16.1. The first-order chi connectivity index (χ1) is 15.2. The Labute approximate surface area is 182 Å². The third kappa shape index (κ3) is 2.92. The topological polar surface area (TPSA) is 34.9 Å². The average Bonchev–Trinajstić information content (AvgIpc) is 3.50. The van der Waals surface area contributed by atoms with Crippen molar-refractivity contribution in [2.24, 2.45) is 5.41 Å². The molecular formula is C28H22N2O. The first kappa shape index (κ1) is 19.1. The van der Waals surface area contributed by atoms with Gasteiger partial charge in [0, 0.05) is 0 Å². The molecule has 1 aliphatic carbocycles. The maximum atomic E-state index is 13.6. The second-order valence-electron chi connectivity index (χ2n) is 8.01. The van der Waals surface area contributed by atoms with Crippen molar-refractivity contribution in [2.45, 2.75) is 18.4 Å². The van der Waals surface area contributed by atoms with Gasteiger partial charge in [0.2, 0.25) is 0 Å². The Kier molecular flexibility index (Phi) is 4.56. The molecule has 0 N–H and O–H groups in total. The normalized spacial score (nSPS) is 14.5. The summed E-state index contributed by atoms with van der Waals surface area (Å²) in [5.74, 6) is 2.72. The van der Waals surface area contributed by atoms with Crippen molar-refractivity contribution in [3.05, 3.63) is 126 Å². The number of carbonyl (C=O) groups is 1. The molecule has 1 saturated carbocycles. The van der Waals surface area contributed by atoms with Crippen molar-refractivity contribution < 1.29 is 4.79 Å². The van der Waals surface area contributed by atoms with Crippen molar-refractivity contribution in [2.75, 3.05) is 0 Å². The molecule has 0 amide bonds. The average molecular weight is 402 g/mol. The molecule has 3 nitrogen and oxygen atoms in total. The molecule has 0 saturated heterocycles. The number of Topliss-reactive ketones (excluding diaryl/α,β-unsaturated/α-hetero) is 1. The summed E-state index contributed by atoms with van der Waals surface area (Å²) in [4.78, 5) is 18.0. The van der Waals surface area contributed by atoms with E-state index in [4.69, 9.17) is 6.42 Å². The lowest BCUT2D eigenvalue weighted by Crippen LogP contribution is -2.39. The van der Waals surface area contributed by atoms with Crippen molar-refractivity contribution >= 4 is 5.78 Å². The van der Waals surface area contributed by atoms with E-state index in [2.05, 4.69) is 47.3 Å². The Morgan fingerprint density at radius 3 is 1.68 bits per heavy atom. The van der Waals surface area contributed by atoms with Gasteiger partial charge in [-0.05, 0) is 29.5 Å². The van der Waals surface area contributed by atoms with Crippen molar-refractivity contribution in [1.82, 2.24) is 9.55 Å². The van der Waals surface area contributed by atoms with E-state index >= 15 is 0 Å². The van der Waals surface area contributed by atoms with Crippen LogP contribution in [0.4, 0.5) is 0 Å². The zero-order valence-electron chi connectivity index (χ0n) is 17.1. The number of hydrogen-bond donors (Lipinski definition) is 0. The predicted molar refractivity (Wildman–Crippen MR) is 122 cm³/mol. The summed E-state index contributed by atoms with van der Waals surface area (Å²) in [6, 6.07) is 30.8. The third-order valence-corrected chi connectivity index (χ3v) is 6.27. The minimum Gasteiger partial charge on any atom is -0.309 e. The molecule has 0 atom stereocenters. The zero-order valence-corrected chi connectivity index (χ0v) is 17.1. The highest BCUT2D eigenvalue weighted by molar-refractivity contribution is 6.03. The summed E-state index contributed by atoms with van der Waals surface area (Å²) in [5, 5.41) is 0. The fourth-order valence-corrected chi connectivity index (χ4v) is 4.49. The molecule has 4 aromatic rings. The van der Waals surface area contributed by atoms with Crippen LogP contribution in [0.15, 0.2) is 104 Å². The highest BCUT2D eigenvalue weighted by Crippen LogP contribution is 2.49. The number of ketones is 1. The van der Waals surface area contributed by atoms with E-state index < -0.39 is 11.0 Å². The summed E-state index contributed by atoms with van der Waals surface area (Å²) >= 11 is 0. The summed E-state index contributed by atoms with van der Waals surface area (Å²) in [5.41, 5.74) is 2.20. The van der Waals surface area contributed by atoms with Crippen LogP contribution in [0.1, 0.15) is 40.0 Å². The van der Waals surface area contributed by atoms with Gasteiger partial charge in [-0.2, -0.15) is 0 Å². The van der Waals surface area contributed by atoms with Gasteiger partial charge in [0.15, 0.2) is 5.78 Å². The lowest BCUT2D eigenvalue weighted by molar-refractivity contribution is 0.0923. The van der Waals surface area contributed by atoms with Crippen LogP contribution < -0.4 is 0 Å². The van der Waals surface area contributed by atoms with Gasteiger partial charge in [-0.3, -0.25) is 4.79 Å². The molecule has 1 aromatic heterocycles. The fourth-order valence-electron chi connectivity index (χ4n) is 4.49. The number of nitrogens with zero attached hydrogens (tertiary/aromatic N) is 2. The Hall–Kier alpha value is -3.90. The summed E-state index contributed by atoms with van der Waals surface area (Å²) in [6.07, 6.45) is 10.6. The SMILES string of the molecule is C#CC1(C(=O)c2cncn2C(c2ccccc2)(c2ccccc2)c2ccccc2)CC1. The first-order valence-electron chi connectivity index (χ1n) is 10.4. The molecule has 0 radical (unpaired) electrons. The Balaban J connectivity index is 1.86. The van der Waals surface area contributed by atoms with Crippen LogP contribution in [0, 0.1) is 17.8 Å². The molecule has 150 valence electrons. The van der Waals surface area contributed by atoms with Crippen LogP contribution in [0.25, 0.3) is 0 Å². The van der Waals surface area contributed by atoms with Gasteiger partial charge in [0.1, 0.15) is 11.2 Å². The van der Waals surface area contributed by atoms with Crippen molar-refractivity contribution in [3.8, 4) is 12.3 Å². The van der Waals surface area contributed by atoms with E-state index in [1.54, 1.807) is 12.5 Å². The molecule has 0 bridgehead atoms. The second-order valence-corrected chi connectivity index (χ2v) is 8.01. The van der Waals surface area contributed by atoms with E-state index in [0.29, 0.717) is 5.69 Å². The van der Waals surface area contributed by atoms with Crippen molar-refractivity contribution in [3.63, 3.8) is 0 Å². The zero-order chi connectivity index (χ0) is 21.3. The summed E-state index contributed by atoms with van der Waals surface area (Å²) in [6.45, 7) is 0. The molecule has 31 heavy (non-hydrogen) atoms. The van der Waals surface area contributed by atoms with E-state index in [1.165, 1.54) is 0 Å². The van der Waals surface area contributed by atoms with Crippen LogP contribution >= 0.6 is 0 Å². The molecule has 1 heterocycles. The fraction of sp³-hybridized carbons (Fsp3) is 0.143. The maximum absolute atomic E-state index is 13.6. The number of carbonyl (C=O) groups excluding carboxylic acids is 1. The van der Waals surface area contributed by atoms with Gasteiger partial charge in [-0.1, -0.05) is 96.9 Å². The molecule has 0 unspecified atom stereocenters. The van der Waals surface area contributed by atoms with Gasteiger partial charge in [-0.25, -0.2) is 4.98 Å². The molecule has 3 heteroatoms. The van der Waals surface area contributed by atoms with E-state index in [0.717, 1.165) is 29.5 Å². The van der Waals surface area contributed by atoms with Crippen LogP contribution in [-0.4, -0.2) is 15.3 Å². The van der Waals surface area contributed by atoms with Gasteiger partial charge in [-0.15, -0.1) is 6.42 Å². The van der Waals surface area contributed by atoms with Crippen LogP contribution in [0.5, 0.6) is 0 Å². The molecule has 3 aromatic carbocycles. The standard InChI is InChI=1S/C28H22N2O/c1-2-27(18-19-27)26(31)25-20-29-21-30(25)28(22-12-6-3-7-13-22,23-14-8-4-9-15-23)24-16-10-5-11-17-24/h1,3-17,20-21H,18-19H2. The van der Waals surface area contributed by atoms with Gasteiger partial charge >= 0.3 is 0 Å². The third-order valence-electron chi connectivity index (χ3n) is 6.27. The molecule has 0 aliphatic heterocycles.